The van der Waals surface area contributed by atoms with Gasteiger partial charge in [-0.05, 0) is 45.2 Å². The van der Waals surface area contributed by atoms with E-state index in [1.807, 2.05) is 23.1 Å². The Morgan fingerprint density at radius 3 is 2.44 bits per heavy atom. The lowest BCUT2D eigenvalue weighted by Crippen LogP contribution is -2.31. The van der Waals surface area contributed by atoms with Gasteiger partial charge in [-0.1, -0.05) is 23.9 Å². The molecule has 16 heavy (non-hydrogen) atoms. The Balaban J connectivity index is 3.70. The first-order chi connectivity index (χ1) is 7.67. The molecule has 0 spiro atoms. The molecule has 1 unspecified atom stereocenters. The van der Waals surface area contributed by atoms with Crippen LogP contribution in [0.1, 0.15) is 26.2 Å². The average molecular weight is 266 g/mol. The van der Waals surface area contributed by atoms with Gasteiger partial charge in [0.25, 0.3) is 0 Å². The Kier molecular flexibility index (Phi) is 10.3. The standard InChI is InChI=1S/C10H22N2O2S2/c1-9(12(15-2)16-3)10(13)14-8-6-4-5-7-11/h9H,4-8,11H2,1-3H3. The Labute approximate surface area is 107 Å². The fourth-order valence-electron chi connectivity index (χ4n) is 1.19. The Morgan fingerprint density at radius 2 is 1.94 bits per heavy atom. The number of esters is 1. The Hall–Kier alpha value is 0.0900. The van der Waals surface area contributed by atoms with E-state index in [0.29, 0.717) is 13.2 Å². The molecule has 0 heterocycles. The first kappa shape index (κ1) is 16.1. The zero-order valence-electron chi connectivity index (χ0n) is 10.3. The van der Waals surface area contributed by atoms with E-state index >= 15 is 0 Å². The lowest BCUT2D eigenvalue weighted by molar-refractivity contribution is -0.146. The van der Waals surface area contributed by atoms with E-state index in [2.05, 4.69) is 0 Å². The molecule has 6 heteroatoms. The molecule has 0 fully saturated rings. The van der Waals surface area contributed by atoms with Gasteiger partial charge >= 0.3 is 5.97 Å². The van der Waals surface area contributed by atoms with E-state index in [-0.39, 0.29) is 12.0 Å². The van der Waals surface area contributed by atoms with Crippen LogP contribution in [0.5, 0.6) is 0 Å². The van der Waals surface area contributed by atoms with Crippen molar-refractivity contribution in [1.82, 2.24) is 3.71 Å². The molecule has 0 aliphatic rings. The van der Waals surface area contributed by atoms with E-state index in [0.717, 1.165) is 19.3 Å². The highest BCUT2D eigenvalue weighted by atomic mass is 32.2. The fraction of sp³-hybridized carbons (Fsp3) is 0.900. The SMILES string of the molecule is CSN(SC)C(C)C(=O)OCCCCCN. The summed E-state index contributed by atoms with van der Waals surface area (Å²) in [6, 6.07) is -0.209. The van der Waals surface area contributed by atoms with Crippen LogP contribution in [-0.2, 0) is 9.53 Å². The second kappa shape index (κ2) is 10.3. The van der Waals surface area contributed by atoms with Gasteiger partial charge in [0, 0.05) is 0 Å². The molecule has 96 valence electrons. The van der Waals surface area contributed by atoms with E-state index in [1.165, 1.54) is 23.9 Å². The largest absolute Gasteiger partial charge is 0.464 e. The normalized spacial score (nSPS) is 12.8. The number of unbranched alkanes of at least 4 members (excludes halogenated alkanes) is 2. The number of carbonyl (C=O) groups is 1. The van der Waals surface area contributed by atoms with Crippen LogP contribution >= 0.6 is 23.9 Å². The van der Waals surface area contributed by atoms with Crippen LogP contribution in [0.2, 0.25) is 0 Å². The maximum atomic E-state index is 11.6. The van der Waals surface area contributed by atoms with Crippen LogP contribution in [-0.4, -0.2) is 41.4 Å². The minimum atomic E-state index is -0.209. The molecular weight excluding hydrogens is 244 g/mol. The van der Waals surface area contributed by atoms with Crippen molar-refractivity contribution in [1.29, 1.82) is 0 Å². The van der Waals surface area contributed by atoms with E-state index in [9.17, 15) is 4.79 Å². The first-order valence-corrected chi connectivity index (χ1v) is 7.77. The summed E-state index contributed by atoms with van der Waals surface area (Å²) >= 11 is 3.07. The molecule has 0 saturated carbocycles. The van der Waals surface area contributed by atoms with Crippen LogP contribution in [0.15, 0.2) is 0 Å². The molecular formula is C10H22N2O2S2. The fourth-order valence-corrected chi connectivity index (χ4v) is 2.59. The van der Waals surface area contributed by atoms with E-state index in [1.54, 1.807) is 0 Å². The molecule has 0 amide bonds. The van der Waals surface area contributed by atoms with E-state index < -0.39 is 0 Å². The molecule has 0 aliphatic heterocycles. The summed E-state index contributed by atoms with van der Waals surface area (Å²) in [6.07, 6.45) is 6.80. The Morgan fingerprint density at radius 1 is 1.31 bits per heavy atom. The third-order valence-corrected chi connectivity index (χ3v) is 4.36. The van der Waals surface area contributed by atoms with Crippen LogP contribution in [0.4, 0.5) is 0 Å². The van der Waals surface area contributed by atoms with Gasteiger partial charge in [-0.15, -0.1) is 0 Å². The summed E-state index contributed by atoms with van der Waals surface area (Å²) in [6.45, 7) is 3.06. The van der Waals surface area contributed by atoms with Crippen molar-refractivity contribution in [3.05, 3.63) is 0 Å². The van der Waals surface area contributed by atoms with Gasteiger partial charge in [0.2, 0.25) is 0 Å². The van der Waals surface area contributed by atoms with Gasteiger partial charge in [0.05, 0.1) is 6.61 Å². The maximum absolute atomic E-state index is 11.6. The molecule has 0 aromatic heterocycles. The van der Waals surface area contributed by atoms with Crippen molar-refractivity contribution in [2.24, 2.45) is 5.73 Å². The number of nitrogens with two attached hydrogens (primary N) is 1. The molecule has 1 atom stereocenters. The highest BCUT2D eigenvalue weighted by Crippen LogP contribution is 2.21. The van der Waals surface area contributed by atoms with Gasteiger partial charge in [0.15, 0.2) is 0 Å². The number of nitrogens with zero attached hydrogens (tertiary/aromatic N) is 1. The maximum Gasteiger partial charge on any atom is 0.325 e. The average Bonchev–Trinajstić information content (AvgIpc) is 2.30. The summed E-state index contributed by atoms with van der Waals surface area (Å²) in [5.41, 5.74) is 5.37. The molecule has 0 aliphatic carbocycles. The smallest absolute Gasteiger partial charge is 0.325 e. The van der Waals surface area contributed by atoms with Gasteiger partial charge in [0.1, 0.15) is 6.04 Å². The van der Waals surface area contributed by atoms with Crippen LogP contribution in [0.25, 0.3) is 0 Å². The molecule has 0 aromatic rings. The van der Waals surface area contributed by atoms with Crippen LogP contribution in [0.3, 0.4) is 0 Å². The van der Waals surface area contributed by atoms with Crippen molar-refractivity contribution in [2.75, 3.05) is 25.7 Å². The van der Waals surface area contributed by atoms with Crippen molar-refractivity contribution >= 4 is 29.9 Å². The number of ether oxygens (including phenoxy) is 1. The quantitative estimate of drug-likeness (QED) is 0.391. The molecule has 0 bridgehead atoms. The summed E-state index contributed by atoms with van der Waals surface area (Å²) < 4.78 is 7.11. The van der Waals surface area contributed by atoms with Gasteiger partial charge in [-0.2, -0.15) is 3.71 Å². The van der Waals surface area contributed by atoms with Gasteiger partial charge in [-0.3, -0.25) is 4.79 Å². The number of carbonyl (C=O) groups excluding carboxylic acids is 1. The first-order valence-electron chi connectivity index (χ1n) is 5.41. The van der Waals surface area contributed by atoms with Gasteiger partial charge < -0.3 is 10.5 Å². The lowest BCUT2D eigenvalue weighted by atomic mass is 10.2. The predicted octanol–water partition coefficient (Wildman–Crippen LogP) is 1.91. The summed E-state index contributed by atoms with van der Waals surface area (Å²) in [5.74, 6) is -0.156. The minimum absolute atomic E-state index is 0.156. The molecule has 2 N–H and O–H groups in total. The van der Waals surface area contributed by atoms with Crippen molar-refractivity contribution < 1.29 is 9.53 Å². The monoisotopic (exact) mass is 266 g/mol. The number of rotatable bonds is 9. The Bertz CT molecular complexity index is 190. The number of hydrogen-bond acceptors (Lipinski definition) is 6. The highest BCUT2D eigenvalue weighted by Gasteiger charge is 2.21. The van der Waals surface area contributed by atoms with Gasteiger partial charge in [-0.25, -0.2) is 0 Å². The molecule has 0 saturated heterocycles. The van der Waals surface area contributed by atoms with Crippen LogP contribution in [0, 0.1) is 0 Å². The van der Waals surface area contributed by atoms with Crippen molar-refractivity contribution in [2.45, 2.75) is 32.2 Å². The zero-order valence-corrected chi connectivity index (χ0v) is 11.9. The second-order valence-corrected chi connectivity index (χ2v) is 5.09. The zero-order chi connectivity index (χ0) is 12.4. The summed E-state index contributed by atoms with van der Waals surface area (Å²) in [4.78, 5) is 11.6. The summed E-state index contributed by atoms with van der Waals surface area (Å²) in [7, 11) is 0. The summed E-state index contributed by atoms with van der Waals surface area (Å²) in [5, 5.41) is 0. The number of hydrogen-bond donors (Lipinski definition) is 1. The van der Waals surface area contributed by atoms with Crippen molar-refractivity contribution in [3.8, 4) is 0 Å². The third-order valence-electron chi connectivity index (χ3n) is 2.11. The van der Waals surface area contributed by atoms with Crippen molar-refractivity contribution in [3.63, 3.8) is 0 Å². The minimum Gasteiger partial charge on any atom is -0.464 e. The van der Waals surface area contributed by atoms with E-state index in [4.69, 9.17) is 10.5 Å². The molecule has 0 rings (SSSR count). The van der Waals surface area contributed by atoms with Crippen LogP contribution < -0.4 is 5.73 Å². The highest BCUT2D eigenvalue weighted by molar-refractivity contribution is 8.11. The third kappa shape index (κ3) is 6.62. The molecule has 4 nitrogen and oxygen atoms in total. The predicted molar refractivity (Wildman–Crippen MR) is 72.2 cm³/mol. The lowest BCUT2D eigenvalue weighted by Gasteiger charge is -2.21. The molecule has 0 aromatic carbocycles. The topological polar surface area (TPSA) is 55.6 Å². The second-order valence-electron chi connectivity index (χ2n) is 3.34. The molecule has 0 radical (unpaired) electrons.